The normalized spacial score (nSPS) is 10.6. The minimum Gasteiger partial charge on any atom is -0.325 e. The topological polar surface area (TPSA) is 74.8 Å². The van der Waals surface area contributed by atoms with E-state index in [1.807, 2.05) is 32.0 Å². The van der Waals surface area contributed by atoms with Crippen LogP contribution in [-0.4, -0.2) is 21.6 Å². The van der Waals surface area contributed by atoms with Crippen molar-refractivity contribution < 1.29 is 4.79 Å². The minimum absolute atomic E-state index is 0.120. The van der Waals surface area contributed by atoms with Crippen LogP contribution in [-0.2, 0) is 11.2 Å². The molecule has 1 heterocycles. The summed E-state index contributed by atoms with van der Waals surface area (Å²) in [6, 6.07) is 7.34. The van der Waals surface area contributed by atoms with E-state index in [2.05, 4.69) is 22.2 Å². The number of rotatable bonds is 7. The van der Waals surface area contributed by atoms with Crippen LogP contribution in [0.1, 0.15) is 36.6 Å². The SMILES string of the molecule is CCCCc1cc(=O)[nH]c(SCC(=O)Nc2ccc(C)c(C)c2)n1. The Morgan fingerprint density at radius 1 is 1.25 bits per heavy atom. The largest absolute Gasteiger partial charge is 0.325 e. The summed E-state index contributed by atoms with van der Waals surface area (Å²) in [6.45, 7) is 6.14. The summed E-state index contributed by atoms with van der Waals surface area (Å²) < 4.78 is 0. The molecule has 0 atom stereocenters. The van der Waals surface area contributed by atoms with Crippen LogP contribution in [0.5, 0.6) is 0 Å². The number of hydrogen-bond donors (Lipinski definition) is 2. The number of aromatic amines is 1. The molecule has 0 unspecified atom stereocenters. The van der Waals surface area contributed by atoms with Gasteiger partial charge in [-0.05, 0) is 49.9 Å². The highest BCUT2D eigenvalue weighted by Gasteiger charge is 2.07. The number of nitrogens with zero attached hydrogens (tertiary/aromatic N) is 1. The van der Waals surface area contributed by atoms with Crippen molar-refractivity contribution in [2.24, 2.45) is 0 Å². The van der Waals surface area contributed by atoms with Gasteiger partial charge in [0.25, 0.3) is 5.56 Å². The minimum atomic E-state index is -0.173. The third-order valence-electron chi connectivity index (χ3n) is 3.69. The molecule has 5 nitrogen and oxygen atoms in total. The molecule has 1 aromatic heterocycles. The summed E-state index contributed by atoms with van der Waals surface area (Å²) in [5.74, 6) is 0.0810. The van der Waals surface area contributed by atoms with Gasteiger partial charge in [0.05, 0.1) is 5.75 Å². The van der Waals surface area contributed by atoms with Gasteiger partial charge in [-0.25, -0.2) is 4.98 Å². The van der Waals surface area contributed by atoms with E-state index in [1.54, 1.807) is 0 Å². The van der Waals surface area contributed by atoms with E-state index in [0.717, 1.165) is 36.2 Å². The fourth-order valence-electron chi connectivity index (χ4n) is 2.19. The Bertz CT molecular complexity index is 771. The number of unbranched alkanes of at least 4 members (excludes halogenated alkanes) is 1. The summed E-state index contributed by atoms with van der Waals surface area (Å²) in [7, 11) is 0. The fourth-order valence-corrected chi connectivity index (χ4v) is 2.88. The van der Waals surface area contributed by atoms with E-state index in [0.29, 0.717) is 5.16 Å². The molecule has 2 rings (SSSR count). The number of anilines is 1. The first-order valence-electron chi connectivity index (χ1n) is 8.08. The van der Waals surface area contributed by atoms with Crippen molar-refractivity contribution in [2.75, 3.05) is 11.1 Å². The van der Waals surface area contributed by atoms with Gasteiger partial charge in [-0.2, -0.15) is 0 Å². The van der Waals surface area contributed by atoms with Crippen LogP contribution in [0.2, 0.25) is 0 Å². The molecule has 0 aliphatic rings. The molecule has 128 valence electrons. The van der Waals surface area contributed by atoms with Crippen molar-refractivity contribution >= 4 is 23.4 Å². The number of nitrogens with one attached hydrogen (secondary N) is 2. The van der Waals surface area contributed by atoms with E-state index in [-0.39, 0.29) is 17.2 Å². The highest BCUT2D eigenvalue weighted by molar-refractivity contribution is 7.99. The Labute approximate surface area is 146 Å². The highest BCUT2D eigenvalue weighted by atomic mass is 32.2. The molecular formula is C18H23N3O2S. The van der Waals surface area contributed by atoms with Crippen molar-refractivity contribution in [3.8, 4) is 0 Å². The number of H-pyrrole nitrogens is 1. The zero-order valence-electron chi connectivity index (χ0n) is 14.3. The quantitative estimate of drug-likeness (QED) is 0.595. The maximum atomic E-state index is 12.1. The number of carbonyl (C=O) groups excluding carboxylic acids is 1. The van der Waals surface area contributed by atoms with E-state index in [4.69, 9.17) is 0 Å². The lowest BCUT2D eigenvalue weighted by Gasteiger charge is -2.08. The molecule has 6 heteroatoms. The lowest BCUT2D eigenvalue weighted by Crippen LogP contribution is -2.16. The van der Waals surface area contributed by atoms with Gasteiger partial charge in [0.2, 0.25) is 5.91 Å². The average molecular weight is 345 g/mol. The highest BCUT2D eigenvalue weighted by Crippen LogP contribution is 2.16. The molecule has 0 saturated heterocycles. The third-order valence-corrected chi connectivity index (χ3v) is 4.56. The van der Waals surface area contributed by atoms with Gasteiger partial charge in [0.1, 0.15) is 0 Å². The van der Waals surface area contributed by atoms with Gasteiger partial charge in [0, 0.05) is 17.4 Å². The van der Waals surface area contributed by atoms with E-state index in [9.17, 15) is 9.59 Å². The number of amides is 1. The van der Waals surface area contributed by atoms with Gasteiger partial charge < -0.3 is 10.3 Å². The van der Waals surface area contributed by atoms with Crippen molar-refractivity contribution in [3.05, 3.63) is 51.4 Å². The predicted molar refractivity (Wildman–Crippen MR) is 98.7 cm³/mol. The van der Waals surface area contributed by atoms with Crippen molar-refractivity contribution in [3.63, 3.8) is 0 Å². The van der Waals surface area contributed by atoms with E-state index in [1.165, 1.54) is 23.4 Å². The van der Waals surface area contributed by atoms with Crippen LogP contribution < -0.4 is 10.9 Å². The number of aromatic nitrogens is 2. The molecule has 0 fully saturated rings. The predicted octanol–water partition coefficient (Wildman–Crippen LogP) is 3.46. The molecule has 2 N–H and O–H groups in total. The van der Waals surface area contributed by atoms with Crippen LogP contribution in [0, 0.1) is 13.8 Å². The Hall–Kier alpha value is -2.08. The second-order valence-corrected chi connectivity index (χ2v) is 6.75. The molecule has 0 aliphatic heterocycles. The second kappa shape index (κ2) is 8.68. The maximum absolute atomic E-state index is 12.1. The first-order chi connectivity index (χ1) is 11.5. The molecular weight excluding hydrogens is 322 g/mol. The molecule has 0 radical (unpaired) electrons. The summed E-state index contributed by atoms with van der Waals surface area (Å²) in [5.41, 5.74) is 3.70. The summed E-state index contributed by atoms with van der Waals surface area (Å²) >= 11 is 1.24. The van der Waals surface area contributed by atoms with Crippen molar-refractivity contribution in [1.29, 1.82) is 0 Å². The fraction of sp³-hybridized carbons (Fsp3) is 0.389. The maximum Gasteiger partial charge on any atom is 0.251 e. The summed E-state index contributed by atoms with van der Waals surface area (Å²) in [4.78, 5) is 30.8. The van der Waals surface area contributed by atoms with Crippen molar-refractivity contribution in [1.82, 2.24) is 9.97 Å². The van der Waals surface area contributed by atoms with Gasteiger partial charge >= 0.3 is 0 Å². The summed E-state index contributed by atoms with van der Waals surface area (Å²) in [5, 5.41) is 3.35. The van der Waals surface area contributed by atoms with Crippen LogP contribution in [0.4, 0.5) is 5.69 Å². The average Bonchev–Trinajstić information content (AvgIpc) is 2.54. The Morgan fingerprint density at radius 2 is 2.04 bits per heavy atom. The lowest BCUT2D eigenvalue weighted by atomic mass is 10.1. The van der Waals surface area contributed by atoms with Gasteiger partial charge in [-0.3, -0.25) is 9.59 Å². The standard InChI is InChI=1S/C18H23N3O2S/c1-4-5-6-14-10-16(22)21-18(20-14)24-11-17(23)19-15-8-7-12(2)13(3)9-15/h7-10H,4-6,11H2,1-3H3,(H,19,23)(H,20,21,22). The molecule has 24 heavy (non-hydrogen) atoms. The first kappa shape index (κ1) is 18.3. The van der Waals surface area contributed by atoms with Crippen molar-refractivity contribution in [2.45, 2.75) is 45.2 Å². The Balaban J connectivity index is 1.94. The number of aryl methyl sites for hydroxylation is 3. The summed E-state index contributed by atoms with van der Waals surface area (Å²) in [6.07, 6.45) is 2.83. The zero-order valence-corrected chi connectivity index (χ0v) is 15.1. The Morgan fingerprint density at radius 3 is 2.75 bits per heavy atom. The second-order valence-electron chi connectivity index (χ2n) is 5.78. The number of thioether (sulfide) groups is 1. The molecule has 0 bridgehead atoms. The molecule has 2 aromatic rings. The van der Waals surface area contributed by atoms with Crippen LogP contribution >= 0.6 is 11.8 Å². The van der Waals surface area contributed by atoms with E-state index < -0.39 is 0 Å². The van der Waals surface area contributed by atoms with Gasteiger partial charge in [0.15, 0.2) is 5.16 Å². The Kier molecular flexibility index (Phi) is 6.61. The van der Waals surface area contributed by atoms with Gasteiger partial charge in [-0.1, -0.05) is 31.2 Å². The number of hydrogen-bond acceptors (Lipinski definition) is 4. The first-order valence-corrected chi connectivity index (χ1v) is 9.06. The lowest BCUT2D eigenvalue weighted by molar-refractivity contribution is -0.113. The zero-order chi connectivity index (χ0) is 17.5. The van der Waals surface area contributed by atoms with Crippen LogP contribution in [0.15, 0.2) is 34.2 Å². The third kappa shape index (κ3) is 5.53. The number of benzene rings is 1. The number of carbonyl (C=O) groups is 1. The molecule has 1 aromatic carbocycles. The molecule has 1 amide bonds. The smallest absolute Gasteiger partial charge is 0.251 e. The monoisotopic (exact) mass is 345 g/mol. The van der Waals surface area contributed by atoms with Crippen LogP contribution in [0.25, 0.3) is 0 Å². The molecule has 0 saturated carbocycles. The molecule has 0 spiro atoms. The molecule has 0 aliphatic carbocycles. The van der Waals surface area contributed by atoms with Gasteiger partial charge in [-0.15, -0.1) is 0 Å². The van der Waals surface area contributed by atoms with Crippen LogP contribution in [0.3, 0.4) is 0 Å². The van der Waals surface area contributed by atoms with E-state index >= 15 is 0 Å².